The summed E-state index contributed by atoms with van der Waals surface area (Å²) in [6.07, 6.45) is 1.06. The average molecular weight is 447 g/mol. The highest BCUT2D eigenvalue weighted by atomic mass is 35.5. The highest BCUT2D eigenvalue weighted by molar-refractivity contribution is 6.31. The van der Waals surface area contributed by atoms with E-state index in [1.807, 2.05) is 48.5 Å². The second-order valence-corrected chi connectivity index (χ2v) is 6.67. The van der Waals surface area contributed by atoms with Crippen molar-refractivity contribution in [3.05, 3.63) is 64.7 Å². The third kappa shape index (κ3) is 7.51. The molecule has 2 aromatic carbocycles. The first-order valence-corrected chi connectivity index (χ1v) is 9.53. The maximum atomic E-state index is 12.3. The zero-order chi connectivity index (χ0) is 18.9. The van der Waals surface area contributed by atoms with Crippen LogP contribution in [-0.2, 0) is 11.2 Å². The lowest BCUT2D eigenvalue weighted by Gasteiger charge is -2.31. The molecule has 0 radical (unpaired) electrons. The fourth-order valence-electron chi connectivity index (χ4n) is 3.15. The Morgan fingerprint density at radius 1 is 1.07 bits per heavy atom. The molecule has 0 bridgehead atoms. The Morgan fingerprint density at radius 3 is 2.29 bits per heavy atom. The first kappa shape index (κ1) is 26.5. The quantitative estimate of drug-likeness (QED) is 0.539. The van der Waals surface area contributed by atoms with Crippen LogP contribution in [0.25, 0.3) is 0 Å². The summed E-state index contributed by atoms with van der Waals surface area (Å²) in [7, 11) is 0. The molecule has 0 aromatic heterocycles. The Morgan fingerprint density at radius 2 is 1.68 bits per heavy atom. The van der Waals surface area contributed by atoms with Crippen LogP contribution in [0.2, 0.25) is 5.02 Å². The van der Waals surface area contributed by atoms with Crippen molar-refractivity contribution in [3.8, 4) is 0 Å². The summed E-state index contributed by atoms with van der Waals surface area (Å²) in [5, 5.41) is 3.80. The lowest BCUT2D eigenvalue weighted by Crippen LogP contribution is -2.38. The van der Waals surface area contributed by atoms with E-state index in [2.05, 4.69) is 24.1 Å². The number of anilines is 1. The molecule has 0 fully saturated rings. The van der Waals surface area contributed by atoms with Crippen molar-refractivity contribution in [1.82, 2.24) is 10.2 Å². The molecule has 1 unspecified atom stereocenters. The standard InChI is InChI=1S/C21H28ClN3O.2ClH/c1-3-25(4-2)20(17-10-6-7-11-18(17)22)15-24-21(26)14-13-16-9-5-8-12-19(16)23;;/h5-12,20H,3-4,13-15,23H2,1-2H3,(H,24,26);2*1H. The van der Waals surface area contributed by atoms with Crippen LogP contribution in [0, 0.1) is 0 Å². The minimum absolute atomic E-state index is 0. The number of amides is 1. The fourth-order valence-corrected chi connectivity index (χ4v) is 3.42. The summed E-state index contributed by atoms with van der Waals surface area (Å²) < 4.78 is 0. The van der Waals surface area contributed by atoms with Crippen molar-refractivity contribution in [1.29, 1.82) is 0 Å². The molecular formula is C21H30Cl3N3O. The number of nitrogens with zero attached hydrogens (tertiary/aromatic N) is 1. The number of carbonyl (C=O) groups is 1. The number of aryl methyl sites for hydroxylation is 1. The van der Waals surface area contributed by atoms with E-state index in [0.29, 0.717) is 19.4 Å². The smallest absolute Gasteiger partial charge is 0.220 e. The van der Waals surface area contributed by atoms with E-state index in [4.69, 9.17) is 17.3 Å². The topological polar surface area (TPSA) is 58.4 Å². The van der Waals surface area contributed by atoms with Gasteiger partial charge in [-0.15, -0.1) is 24.8 Å². The fraction of sp³-hybridized carbons (Fsp3) is 0.381. The number of nitrogen functional groups attached to an aromatic ring is 1. The van der Waals surface area contributed by atoms with Crippen LogP contribution in [0.4, 0.5) is 5.69 Å². The molecule has 2 aromatic rings. The minimum Gasteiger partial charge on any atom is -0.399 e. The number of para-hydroxylation sites is 1. The molecular weight excluding hydrogens is 417 g/mol. The Hall–Kier alpha value is -1.46. The van der Waals surface area contributed by atoms with Gasteiger partial charge in [0.2, 0.25) is 5.91 Å². The maximum Gasteiger partial charge on any atom is 0.220 e. The third-order valence-electron chi connectivity index (χ3n) is 4.69. The van der Waals surface area contributed by atoms with Gasteiger partial charge in [-0.2, -0.15) is 0 Å². The van der Waals surface area contributed by atoms with E-state index in [1.165, 1.54) is 0 Å². The van der Waals surface area contributed by atoms with Gasteiger partial charge in [-0.05, 0) is 42.8 Å². The molecule has 4 nitrogen and oxygen atoms in total. The van der Waals surface area contributed by atoms with Crippen LogP contribution in [0.1, 0.15) is 37.4 Å². The van der Waals surface area contributed by atoms with Gasteiger partial charge in [-0.25, -0.2) is 0 Å². The first-order chi connectivity index (χ1) is 12.6. The Bertz CT molecular complexity index is 724. The predicted octanol–water partition coefficient (Wildman–Crippen LogP) is 4.90. The third-order valence-corrected chi connectivity index (χ3v) is 5.03. The van der Waals surface area contributed by atoms with Crippen molar-refractivity contribution in [3.63, 3.8) is 0 Å². The summed E-state index contributed by atoms with van der Waals surface area (Å²) in [4.78, 5) is 14.6. The lowest BCUT2D eigenvalue weighted by atomic mass is 10.0. The normalized spacial score (nSPS) is 11.3. The largest absolute Gasteiger partial charge is 0.399 e. The number of nitrogens with one attached hydrogen (secondary N) is 1. The lowest BCUT2D eigenvalue weighted by molar-refractivity contribution is -0.121. The number of benzene rings is 2. The van der Waals surface area contributed by atoms with Gasteiger partial charge in [0.25, 0.3) is 0 Å². The molecule has 0 saturated carbocycles. The van der Waals surface area contributed by atoms with Gasteiger partial charge in [-0.1, -0.05) is 61.8 Å². The van der Waals surface area contributed by atoms with Crippen molar-refractivity contribution < 1.29 is 4.79 Å². The van der Waals surface area contributed by atoms with Gasteiger partial charge in [0, 0.05) is 23.7 Å². The van der Waals surface area contributed by atoms with Crippen LogP contribution in [0.15, 0.2) is 48.5 Å². The number of nitrogens with two attached hydrogens (primary N) is 1. The van der Waals surface area contributed by atoms with E-state index in [9.17, 15) is 4.79 Å². The van der Waals surface area contributed by atoms with Crippen molar-refractivity contribution >= 4 is 48.0 Å². The second kappa shape index (κ2) is 13.7. The molecule has 3 N–H and O–H groups in total. The Kier molecular flexibility index (Phi) is 13.0. The maximum absolute atomic E-state index is 12.3. The summed E-state index contributed by atoms with van der Waals surface area (Å²) >= 11 is 6.40. The molecule has 0 aliphatic heterocycles. The number of carbonyl (C=O) groups excluding carboxylic acids is 1. The van der Waals surface area contributed by atoms with Gasteiger partial charge in [0.05, 0.1) is 6.04 Å². The summed E-state index contributed by atoms with van der Waals surface area (Å²) in [6, 6.07) is 15.6. The van der Waals surface area contributed by atoms with Crippen LogP contribution in [-0.4, -0.2) is 30.4 Å². The summed E-state index contributed by atoms with van der Waals surface area (Å²) in [5.74, 6) is 0.0254. The second-order valence-electron chi connectivity index (χ2n) is 6.26. The van der Waals surface area contributed by atoms with E-state index < -0.39 is 0 Å². The molecule has 0 spiro atoms. The predicted molar refractivity (Wildman–Crippen MR) is 124 cm³/mol. The molecule has 7 heteroatoms. The highest BCUT2D eigenvalue weighted by Gasteiger charge is 2.21. The van der Waals surface area contributed by atoms with Crippen molar-refractivity contribution in [2.75, 3.05) is 25.4 Å². The zero-order valence-corrected chi connectivity index (χ0v) is 18.7. The number of likely N-dealkylation sites (N-methyl/N-ethyl adjacent to an activating group) is 1. The number of hydrogen-bond acceptors (Lipinski definition) is 3. The molecule has 0 saturated heterocycles. The number of halogens is 3. The van der Waals surface area contributed by atoms with Gasteiger partial charge < -0.3 is 11.1 Å². The number of rotatable bonds is 9. The minimum atomic E-state index is 0. The molecule has 1 atom stereocenters. The van der Waals surface area contributed by atoms with Crippen LogP contribution in [0.3, 0.4) is 0 Å². The van der Waals surface area contributed by atoms with E-state index in [0.717, 1.165) is 34.9 Å². The Labute approximate surface area is 185 Å². The summed E-state index contributed by atoms with van der Waals surface area (Å²) in [5.41, 5.74) is 8.73. The van der Waals surface area contributed by atoms with Gasteiger partial charge in [0.15, 0.2) is 0 Å². The monoisotopic (exact) mass is 445 g/mol. The molecule has 28 heavy (non-hydrogen) atoms. The van der Waals surface area contributed by atoms with Crippen LogP contribution < -0.4 is 11.1 Å². The highest BCUT2D eigenvalue weighted by Crippen LogP contribution is 2.27. The molecule has 2 rings (SSSR count). The number of hydrogen-bond donors (Lipinski definition) is 2. The van der Waals surface area contributed by atoms with Crippen LogP contribution >= 0.6 is 36.4 Å². The molecule has 0 aliphatic carbocycles. The van der Waals surface area contributed by atoms with Crippen LogP contribution in [0.5, 0.6) is 0 Å². The van der Waals surface area contributed by atoms with Crippen molar-refractivity contribution in [2.24, 2.45) is 0 Å². The SMILES string of the molecule is CCN(CC)C(CNC(=O)CCc1ccccc1N)c1ccccc1Cl.Cl.Cl. The van der Waals surface area contributed by atoms with E-state index in [-0.39, 0.29) is 36.8 Å². The molecule has 0 aliphatic rings. The average Bonchev–Trinajstić information content (AvgIpc) is 2.65. The summed E-state index contributed by atoms with van der Waals surface area (Å²) in [6.45, 7) is 6.56. The van der Waals surface area contributed by atoms with E-state index in [1.54, 1.807) is 0 Å². The zero-order valence-electron chi connectivity index (χ0n) is 16.4. The molecule has 156 valence electrons. The molecule has 1 amide bonds. The van der Waals surface area contributed by atoms with Gasteiger partial charge in [-0.3, -0.25) is 9.69 Å². The van der Waals surface area contributed by atoms with Gasteiger partial charge >= 0.3 is 0 Å². The van der Waals surface area contributed by atoms with E-state index >= 15 is 0 Å². The van der Waals surface area contributed by atoms with Gasteiger partial charge in [0.1, 0.15) is 0 Å². The molecule has 0 heterocycles. The first-order valence-electron chi connectivity index (χ1n) is 9.15. The Balaban J connectivity index is 0.00000364. The van der Waals surface area contributed by atoms with Crippen molar-refractivity contribution in [2.45, 2.75) is 32.7 Å².